The number of nitrogens with zero attached hydrogens (tertiary/aromatic N) is 1. The van der Waals surface area contributed by atoms with Gasteiger partial charge in [0, 0.05) is 19.6 Å². The maximum Gasteiger partial charge on any atom is 0.410 e. The summed E-state index contributed by atoms with van der Waals surface area (Å²) in [6.45, 7) is 12.2. The van der Waals surface area contributed by atoms with Gasteiger partial charge in [-0.1, -0.05) is 0 Å². The lowest BCUT2D eigenvalue weighted by molar-refractivity contribution is 0.0262. The summed E-state index contributed by atoms with van der Waals surface area (Å²) in [6, 6.07) is 1.94. The van der Waals surface area contributed by atoms with Crippen molar-refractivity contribution in [2.45, 2.75) is 46.8 Å². The van der Waals surface area contributed by atoms with Gasteiger partial charge in [0.05, 0.1) is 12.8 Å². The van der Waals surface area contributed by atoms with Crippen molar-refractivity contribution in [3.63, 3.8) is 0 Å². The molecule has 0 aliphatic rings. The third kappa shape index (κ3) is 5.65. The number of likely N-dealkylation sites (N-methyl/N-ethyl adjacent to an activating group) is 1. The van der Waals surface area contributed by atoms with E-state index in [2.05, 4.69) is 5.32 Å². The van der Waals surface area contributed by atoms with Crippen LogP contribution in [0.1, 0.15) is 39.0 Å². The molecule has 0 aromatic carbocycles. The molecule has 0 unspecified atom stereocenters. The zero-order chi connectivity index (χ0) is 15.2. The van der Waals surface area contributed by atoms with Crippen molar-refractivity contribution in [1.82, 2.24) is 10.2 Å². The van der Waals surface area contributed by atoms with Gasteiger partial charge in [0.25, 0.3) is 0 Å². The van der Waals surface area contributed by atoms with Crippen LogP contribution in [0.4, 0.5) is 4.79 Å². The first-order valence-electron chi connectivity index (χ1n) is 7.05. The molecular formula is C15H26N2O3. The Balaban J connectivity index is 2.31. The summed E-state index contributed by atoms with van der Waals surface area (Å²) in [5, 5.41) is 3.27. The smallest absolute Gasteiger partial charge is 0.410 e. The minimum Gasteiger partial charge on any atom is -0.468 e. The molecule has 1 aromatic heterocycles. The maximum absolute atomic E-state index is 11.9. The number of amides is 1. The molecule has 0 aliphatic heterocycles. The normalized spacial score (nSPS) is 11.4. The van der Waals surface area contributed by atoms with Crippen LogP contribution >= 0.6 is 0 Å². The average Bonchev–Trinajstić information content (AvgIpc) is 2.72. The molecule has 5 heteroatoms. The summed E-state index contributed by atoms with van der Waals surface area (Å²) < 4.78 is 10.7. The van der Waals surface area contributed by atoms with Crippen LogP contribution < -0.4 is 5.32 Å². The van der Waals surface area contributed by atoms with E-state index < -0.39 is 5.60 Å². The van der Waals surface area contributed by atoms with Gasteiger partial charge < -0.3 is 19.4 Å². The molecule has 0 radical (unpaired) electrons. The van der Waals surface area contributed by atoms with E-state index in [1.807, 2.05) is 40.7 Å². The van der Waals surface area contributed by atoms with Gasteiger partial charge >= 0.3 is 6.09 Å². The van der Waals surface area contributed by atoms with Crippen LogP contribution in [0, 0.1) is 6.92 Å². The fourth-order valence-corrected chi connectivity index (χ4v) is 1.71. The minimum absolute atomic E-state index is 0.268. The Kier molecular flexibility index (Phi) is 6.07. The van der Waals surface area contributed by atoms with Crippen molar-refractivity contribution in [2.75, 3.05) is 19.6 Å². The van der Waals surface area contributed by atoms with Crippen LogP contribution in [0.5, 0.6) is 0 Å². The average molecular weight is 282 g/mol. The van der Waals surface area contributed by atoms with Gasteiger partial charge in [0.1, 0.15) is 11.4 Å². The number of furan rings is 1. The molecule has 0 spiro atoms. The molecule has 1 amide bonds. The van der Waals surface area contributed by atoms with Gasteiger partial charge in [-0.05, 0) is 46.2 Å². The zero-order valence-electron chi connectivity index (χ0n) is 13.2. The molecule has 1 heterocycles. The highest BCUT2D eigenvalue weighted by molar-refractivity contribution is 5.68. The monoisotopic (exact) mass is 282 g/mol. The van der Waals surface area contributed by atoms with Crippen LogP contribution in [0.25, 0.3) is 0 Å². The SMILES string of the molecule is CCN(CCNCc1occc1C)C(=O)OC(C)(C)C. The Morgan fingerprint density at radius 1 is 1.45 bits per heavy atom. The molecular weight excluding hydrogens is 256 g/mol. The van der Waals surface area contributed by atoms with Gasteiger partial charge in [0.2, 0.25) is 0 Å². The van der Waals surface area contributed by atoms with Crippen LogP contribution in [-0.4, -0.2) is 36.2 Å². The van der Waals surface area contributed by atoms with Crippen LogP contribution in [0.3, 0.4) is 0 Å². The van der Waals surface area contributed by atoms with E-state index in [1.165, 1.54) is 0 Å². The molecule has 0 bridgehead atoms. The second kappa shape index (κ2) is 7.33. The first-order valence-corrected chi connectivity index (χ1v) is 7.05. The lowest BCUT2D eigenvalue weighted by atomic mass is 10.2. The quantitative estimate of drug-likeness (QED) is 0.815. The number of hydrogen-bond donors (Lipinski definition) is 1. The predicted molar refractivity (Wildman–Crippen MR) is 78.6 cm³/mol. The third-order valence-corrected chi connectivity index (χ3v) is 2.85. The van der Waals surface area contributed by atoms with E-state index in [0.717, 1.165) is 11.3 Å². The number of nitrogens with one attached hydrogen (secondary N) is 1. The summed E-state index contributed by atoms with van der Waals surface area (Å²) in [4.78, 5) is 13.6. The highest BCUT2D eigenvalue weighted by Crippen LogP contribution is 2.10. The van der Waals surface area contributed by atoms with Crippen molar-refractivity contribution in [3.05, 3.63) is 23.7 Å². The number of rotatable bonds is 6. The second-order valence-corrected chi connectivity index (χ2v) is 5.76. The minimum atomic E-state index is -0.455. The first-order chi connectivity index (χ1) is 9.33. The van der Waals surface area contributed by atoms with Gasteiger partial charge in [-0.25, -0.2) is 4.79 Å². The maximum atomic E-state index is 11.9. The highest BCUT2D eigenvalue weighted by Gasteiger charge is 2.20. The third-order valence-electron chi connectivity index (χ3n) is 2.85. The Morgan fingerprint density at radius 3 is 2.65 bits per heavy atom. The molecule has 1 aromatic rings. The molecule has 0 fully saturated rings. The molecule has 0 aliphatic carbocycles. The molecule has 1 rings (SSSR count). The molecule has 1 N–H and O–H groups in total. The molecule has 20 heavy (non-hydrogen) atoms. The van der Waals surface area contributed by atoms with Crippen molar-refractivity contribution < 1.29 is 13.9 Å². The Hall–Kier alpha value is -1.49. The lowest BCUT2D eigenvalue weighted by Gasteiger charge is -2.26. The van der Waals surface area contributed by atoms with E-state index in [0.29, 0.717) is 26.2 Å². The lowest BCUT2D eigenvalue weighted by Crippen LogP contribution is -2.40. The zero-order valence-corrected chi connectivity index (χ0v) is 13.2. The van der Waals surface area contributed by atoms with E-state index in [-0.39, 0.29) is 6.09 Å². The molecule has 114 valence electrons. The van der Waals surface area contributed by atoms with Gasteiger partial charge in [-0.2, -0.15) is 0 Å². The number of carbonyl (C=O) groups is 1. The largest absolute Gasteiger partial charge is 0.468 e. The highest BCUT2D eigenvalue weighted by atomic mass is 16.6. The Morgan fingerprint density at radius 2 is 2.15 bits per heavy atom. The molecule has 5 nitrogen and oxygen atoms in total. The molecule has 0 saturated heterocycles. The van der Waals surface area contributed by atoms with Crippen LogP contribution in [-0.2, 0) is 11.3 Å². The summed E-state index contributed by atoms with van der Waals surface area (Å²) in [5.41, 5.74) is 0.681. The molecule has 0 atom stereocenters. The van der Waals surface area contributed by atoms with E-state index in [4.69, 9.17) is 9.15 Å². The van der Waals surface area contributed by atoms with Crippen molar-refractivity contribution in [1.29, 1.82) is 0 Å². The predicted octanol–water partition coefficient (Wildman–Crippen LogP) is 2.93. The summed E-state index contributed by atoms with van der Waals surface area (Å²) >= 11 is 0. The standard InChI is InChI=1S/C15H26N2O3/c1-6-17(14(18)20-15(3,4)5)9-8-16-11-13-12(2)7-10-19-13/h7,10,16H,6,8-9,11H2,1-5H3. The van der Waals surface area contributed by atoms with E-state index in [9.17, 15) is 4.79 Å². The van der Waals surface area contributed by atoms with Crippen molar-refractivity contribution >= 4 is 6.09 Å². The summed E-state index contributed by atoms with van der Waals surface area (Å²) in [5.74, 6) is 0.935. The first kappa shape index (κ1) is 16.6. The van der Waals surface area contributed by atoms with Gasteiger partial charge in [0.15, 0.2) is 0 Å². The Bertz CT molecular complexity index is 421. The van der Waals surface area contributed by atoms with Crippen molar-refractivity contribution in [3.8, 4) is 0 Å². The van der Waals surface area contributed by atoms with Crippen LogP contribution in [0.2, 0.25) is 0 Å². The number of hydrogen-bond acceptors (Lipinski definition) is 4. The van der Waals surface area contributed by atoms with Gasteiger partial charge in [-0.15, -0.1) is 0 Å². The van der Waals surface area contributed by atoms with E-state index >= 15 is 0 Å². The fourth-order valence-electron chi connectivity index (χ4n) is 1.71. The fraction of sp³-hybridized carbons (Fsp3) is 0.667. The van der Waals surface area contributed by atoms with Crippen LogP contribution in [0.15, 0.2) is 16.7 Å². The van der Waals surface area contributed by atoms with Crippen molar-refractivity contribution in [2.24, 2.45) is 0 Å². The molecule has 0 saturated carbocycles. The summed E-state index contributed by atoms with van der Waals surface area (Å²) in [6.07, 6.45) is 1.42. The second-order valence-electron chi connectivity index (χ2n) is 5.76. The number of ether oxygens (including phenoxy) is 1. The summed E-state index contributed by atoms with van der Waals surface area (Å²) in [7, 11) is 0. The van der Waals surface area contributed by atoms with Gasteiger partial charge in [-0.3, -0.25) is 0 Å². The van der Waals surface area contributed by atoms with E-state index in [1.54, 1.807) is 11.2 Å². The number of aryl methyl sites for hydroxylation is 1. The topological polar surface area (TPSA) is 54.7 Å². The number of carbonyl (C=O) groups excluding carboxylic acids is 1. The Labute approximate surface area is 121 Å².